The minimum absolute atomic E-state index is 0.00978. The van der Waals surface area contributed by atoms with Gasteiger partial charge in [-0.25, -0.2) is 9.97 Å². The molecule has 0 saturated carbocycles. The summed E-state index contributed by atoms with van der Waals surface area (Å²) in [7, 11) is 0. The van der Waals surface area contributed by atoms with Gasteiger partial charge in [0.15, 0.2) is 0 Å². The first-order chi connectivity index (χ1) is 9.58. The van der Waals surface area contributed by atoms with Crippen molar-refractivity contribution in [2.24, 2.45) is 0 Å². The highest BCUT2D eigenvalue weighted by Gasteiger charge is 2.12. The van der Waals surface area contributed by atoms with Gasteiger partial charge < -0.3 is 5.32 Å². The molecule has 0 aliphatic carbocycles. The lowest BCUT2D eigenvalue weighted by Gasteiger charge is -2.05. The zero-order valence-corrected chi connectivity index (χ0v) is 12.9. The quantitative estimate of drug-likeness (QED) is 0.650. The monoisotopic (exact) mass is 354 g/mol. The fourth-order valence-corrected chi connectivity index (χ4v) is 2.46. The van der Waals surface area contributed by atoms with Gasteiger partial charge in [0, 0.05) is 23.3 Å². The molecule has 104 valence electrons. The van der Waals surface area contributed by atoms with Gasteiger partial charge in [0.2, 0.25) is 0 Å². The zero-order chi connectivity index (χ0) is 14.5. The van der Waals surface area contributed by atoms with E-state index >= 15 is 0 Å². The van der Waals surface area contributed by atoms with Gasteiger partial charge in [-0.05, 0) is 46.7 Å². The molecule has 2 aromatic rings. The molecule has 0 fully saturated rings. The molecule has 20 heavy (non-hydrogen) atoms. The molecule has 0 amide bonds. The van der Waals surface area contributed by atoms with Crippen LogP contribution in [-0.2, 0) is 0 Å². The average Bonchev–Trinajstić information content (AvgIpc) is 2.41. The van der Waals surface area contributed by atoms with Gasteiger partial charge in [0.25, 0.3) is 5.69 Å². The number of hydrogen-bond acceptors (Lipinski definition) is 6. The molecule has 0 atom stereocenters. The summed E-state index contributed by atoms with van der Waals surface area (Å²) in [5, 5.41) is 15.2. The highest BCUT2D eigenvalue weighted by atomic mass is 79.9. The van der Waals surface area contributed by atoms with Crippen molar-refractivity contribution < 1.29 is 4.92 Å². The topological polar surface area (TPSA) is 81.0 Å². The Morgan fingerprint density at radius 2 is 2.20 bits per heavy atom. The lowest BCUT2D eigenvalue weighted by molar-refractivity contribution is -0.385. The Balaban J connectivity index is 2.29. The van der Waals surface area contributed by atoms with Crippen molar-refractivity contribution in [2.75, 3.05) is 11.9 Å². The van der Waals surface area contributed by atoms with Crippen LogP contribution in [0.3, 0.4) is 0 Å². The van der Waals surface area contributed by atoms with Crippen LogP contribution in [0.25, 0.3) is 0 Å². The summed E-state index contributed by atoms with van der Waals surface area (Å²) in [6.45, 7) is 2.55. The lowest BCUT2D eigenvalue weighted by Crippen LogP contribution is -2.01. The second kappa shape index (κ2) is 6.67. The maximum absolute atomic E-state index is 10.9. The van der Waals surface area contributed by atoms with E-state index in [9.17, 15) is 10.1 Å². The summed E-state index contributed by atoms with van der Waals surface area (Å²) in [4.78, 5) is 19.0. The smallest absolute Gasteiger partial charge is 0.275 e. The maximum atomic E-state index is 10.9. The number of hydrogen-bond donors (Lipinski definition) is 1. The minimum Gasteiger partial charge on any atom is -0.370 e. The van der Waals surface area contributed by atoms with Crippen LogP contribution in [-0.4, -0.2) is 21.4 Å². The molecule has 2 rings (SSSR count). The lowest BCUT2D eigenvalue weighted by atomic mass is 10.4. The molecule has 0 unspecified atom stereocenters. The third kappa shape index (κ3) is 3.91. The van der Waals surface area contributed by atoms with Crippen molar-refractivity contribution in [2.45, 2.75) is 17.0 Å². The van der Waals surface area contributed by atoms with Crippen LogP contribution in [0.2, 0.25) is 0 Å². The molecule has 0 bridgehead atoms. The van der Waals surface area contributed by atoms with Crippen LogP contribution in [0.1, 0.15) is 6.92 Å². The third-order valence-corrected chi connectivity index (χ3v) is 3.60. The first kappa shape index (κ1) is 14.7. The molecule has 6 nitrogen and oxygen atoms in total. The Kier molecular flexibility index (Phi) is 4.91. The van der Waals surface area contributed by atoms with Gasteiger partial charge in [0.05, 0.1) is 11.0 Å². The number of anilines is 1. The van der Waals surface area contributed by atoms with Crippen LogP contribution >= 0.6 is 27.7 Å². The molecule has 0 aromatic carbocycles. The fraction of sp³-hybridized carbons (Fsp3) is 0.167. The highest BCUT2D eigenvalue weighted by molar-refractivity contribution is 9.10. The molecular weight excluding hydrogens is 344 g/mol. The Morgan fingerprint density at radius 1 is 1.40 bits per heavy atom. The Bertz CT molecular complexity index is 621. The van der Waals surface area contributed by atoms with Crippen LogP contribution < -0.4 is 5.32 Å². The normalized spacial score (nSPS) is 10.3. The Labute approximate surface area is 128 Å². The predicted octanol–water partition coefficient (Wildman–Crippen LogP) is 3.73. The van der Waals surface area contributed by atoms with Gasteiger partial charge in [-0.15, -0.1) is 0 Å². The number of nitrogens with zero attached hydrogens (tertiary/aromatic N) is 3. The summed E-state index contributed by atoms with van der Waals surface area (Å²) < 4.78 is 0.877. The summed E-state index contributed by atoms with van der Waals surface area (Å²) >= 11 is 4.59. The van der Waals surface area contributed by atoms with Crippen LogP contribution in [0.15, 0.2) is 45.0 Å². The van der Waals surface area contributed by atoms with Crippen molar-refractivity contribution in [1.29, 1.82) is 0 Å². The molecule has 8 heteroatoms. The van der Waals surface area contributed by atoms with Crippen LogP contribution in [0.5, 0.6) is 0 Å². The first-order valence-electron chi connectivity index (χ1n) is 5.78. The maximum Gasteiger partial charge on any atom is 0.275 e. The molecule has 2 heterocycles. The van der Waals surface area contributed by atoms with Gasteiger partial charge in [-0.3, -0.25) is 10.1 Å². The minimum atomic E-state index is -0.429. The van der Waals surface area contributed by atoms with Gasteiger partial charge in [-0.2, -0.15) is 0 Å². The molecular formula is C12H11BrN4O2S. The number of aromatic nitrogens is 2. The molecule has 0 saturated heterocycles. The molecule has 0 aliphatic heterocycles. The van der Waals surface area contributed by atoms with Crippen molar-refractivity contribution in [3.8, 4) is 0 Å². The van der Waals surface area contributed by atoms with E-state index in [0.29, 0.717) is 17.4 Å². The Morgan fingerprint density at radius 3 is 2.80 bits per heavy atom. The first-order valence-corrected chi connectivity index (χ1v) is 7.39. The molecule has 0 radical (unpaired) electrons. The molecule has 0 aliphatic rings. The standard InChI is InChI=1S/C12H11BrN4O2S/c1-2-14-10-5-9(17(18)19)6-12(16-10)20-11-4-3-8(13)7-15-11/h3-7H,2H2,1H3,(H,14,16). The van der Waals surface area contributed by atoms with E-state index in [1.54, 1.807) is 6.20 Å². The number of pyridine rings is 2. The molecule has 0 spiro atoms. The molecule has 2 aromatic heterocycles. The second-order valence-electron chi connectivity index (χ2n) is 3.75. The zero-order valence-electron chi connectivity index (χ0n) is 10.5. The SMILES string of the molecule is CCNc1cc([N+](=O)[O-])cc(Sc2ccc(Br)cn2)n1. The largest absolute Gasteiger partial charge is 0.370 e. The number of rotatable bonds is 5. The Hall–Kier alpha value is -1.67. The van der Waals surface area contributed by atoms with Gasteiger partial charge in [0.1, 0.15) is 15.9 Å². The van der Waals surface area contributed by atoms with E-state index in [2.05, 4.69) is 31.2 Å². The van der Waals surface area contributed by atoms with Gasteiger partial charge in [-0.1, -0.05) is 0 Å². The highest BCUT2D eigenvalue weighted by Crippen LogP contribution is 2.29. The number of nitrogens with one attached hydrogen (secondary N) is 1. The van der Waals surface area contributed by atoms with Crippen molar-refractivity contribution in [1.82, 2.24) is 9.97 Å². The van der Waals surface area contributed by atoms with E-state index < -0.39 is 4.92 Å². The average molecular weight is 355 g/mol. The van der Waals surface area contributed by atoms with Gasteiger partial charge >= 0.3 is 0 Å². The van der Waals surface area contributed by atoms with Crippen LogP contribution in [0.4, 0.5) is 11.5 Å². The summed E-state index contributed by atoms with van der Waals surface area (Å²) in [6.07, 6.45) is 1.67. The van der Waals surface area contributed by atoms with E-state index in [1.807, 2.05) is 19.1 Å². The summed E-state index contributed by atoms with van der Waals surface area (Å²) in [6, 6.07) is 6.54. The van der Waals surface area contributed by atoms with E-state index in [4.69, 9.17) is 0 Å². The fourth-order valence-electron chi connectivity index (χ4n) is 1.45. The number of nitro groups is 1. The third-order valence-electron chi connectivity index (χ3n) is 2.26. The van der Waals surface area contributed by atoms with Crippen molar-refractivity contribution in [3.05, 3.63) is 45.0 Å². The second-order valence-corrected chi connectivity index (χ2v) is 5.71. The van der Waals surface area contributed by atoms with E-state index in [1.165, 1.54) is 23.9 Å². The summed E-state index contributed by atoms with van der Waals surface area (Å²) in [5.74, 6) is 0.487. The predicted molar refractivity (Wildman–Crippen MR) is 81.1 cm³/mol. The van der Waals surface area contributed by atoms with Crippen molar-refractivity contribution >= 4 is 39.2 Å². The molecule has 1 N–H and O–H groups in total. The van der Waals surface area contributed by atoms with E-state index in [0.717, 1.165) is 9.50 Å². The van der Waals surface area contributed by atoms with Crippen molar-refractivity contribution in [3.63, 3.8) is 0 Å². The van der Waals surface area contributed by atoms with Crippen LogP contribution in [0, 0.1) is 10.1 Å². The summed E-state index contributed by atoms with van der Waals surface area (Å²) in [5.41, 5.74) is 0.00978. The number of halogens is 1. The van der Waals surface area contributed by atoms with E-state index in [-0.39, 0.29) is 5.69 Å².